The van der Waals surface area contributed by atoms with E-state index in [2.05, 4.69) is 17.2 Å². The lowest BCUT2D eigenvalue weighted by atomic mass is 10.4. The van der Waals surface area contributed by atoms with Crippen molar-refractivity contribution in [1.82, 2.24) is 5.32 Å². The van der Waals surface area contributed by atoms with Gasteiger partial charge in [0.25, 0.3) is 5.91 Å². The van der Waals surface area contributed by atoms with E-state index < -0.39 is 0 Å². The summed E-state index contributed by atoms with van der Waals surface area (Å²) in [6, 6.07) is 3.47. The monoisotopic (exact) mass is 280 g/mol. The van der Waals surface area contributed by atoms with E-state index >= 15 is 0 Å². The molecular formula is C13H16N2O3S. The van der Waals surface area contributed by atoms with Crippen molar-refractivity contribution in [3.63, 3.8) is 0 Å². The van der Waals surface area contributed by atoms with Gasteiger partial charge in [-0.15, -0.1) is 11.3 Å². The zero-order valence-electron chi connectivity index (χ0n) is 10.7. The zero-order valence-corrected chi connectivity index (χ0v) is 11.5. The normalized spacial score (nSPS) is 9.37. The van der Waals surface area contributed by atoms with Crippen molar-refractivity contribution < 1.29 is 14.3 Å². The molecule has 0 saturated heterocycles. The maximum atomic E-state index is 11.7. The van der Waals surface area contributed by atoms with Crippen LogP contribution in [0, 0.1) is 11.8 Å². The Kier molecular flexibility index (Phi) is 6.64. The molecule has 1 rings (SSSR count). The van der Waals surface area contributed by atoms with Crippen LogP contribution in [0.25, 0.3) is 0 Å². The van der Waals surface area contributed by atoms with Gasteiger partial charge in [-0.3, -0.25) is 9.59 Å². The van der Waals surface area contributed by atoms with Crippen LogP contribution in [0.2, 0.25) is 0 Å². The topological polar surface area (TPSA) is 81.4 Å². The molecule has 19 heavy (non-hydrogen) atoms. The van der Waals surface area contributed by atoms with Gasteiger partial charge in [0.15, 0.2) is 0 Å². The Balaban J connectivity index is 2.41. The molecule has 0 unspecified atom stereocenters. The molecule has 5 nitrogen and oxygen atoms in total. The molecule has 0 spiro atoms. The molecule has 0 fully saturated rings. The van der Waals surface area contributed by atoms with Crippen molar-refractivity contribution in [3.8, 4) is 11.8 Å². The van der Waals surface area contributed by atoms with Crippen molar-refractivity contribution in [3.05, 3.63) is 21.9 Å². The van der Waals surface area contributed by atoms with E-state index in [1.807, 2.05) is 0 Å². The van der Waals surface area contributed by atoms with Crippen LogP contribution >= 0.6 is 11.3 Å². The van der Waals surface area contributed by atoms with E-state index in [-0.39, 0.29) is 24.8 Å². The van der Waals surface area contributed by atoms with E-state index in [9.17, 15) is 9.59 Å². The van der Waals surface area contributed by atoms with Crippen LogP contribution in [0.15, 0.2) is 12.1 Å². The Labute approximate surface area is 116 Å². The van der Waals surface area contributed by atoms with Gasteiger partial charge < -0.3 is 15.8 Å². The van der Waals surface area contributed by atoms with Crippen LogP contribution in [0.4, 0.5) is 0 Å². The maximum Gasteiger partial charge on any atom is 0.307 e. The minimum atomic E-state index is -0.316. The number of nitrogens with one attached hydrogen (secondary N) is 1. The summed E-state index contributed by atoms with van der Waals surface area (Å²) in [5.74, 6) is 5.06. The van der Waals surface area contributed by atoms with Crippen LogP contribution in [-0.2, 0) is 9.53 Å². The third-order valence-corrected chi connectivity index (χ3v) is 3.06. The summed E-state index contributed by atoms with van der Waals surface area (Å²) in [5.41, 5.74) is 5.27. The maximum absolute atomic E-state index is 11.7. The summed E-state index contributed by atoms with van der Waals surface area (Å²) in [6.07, 6.45) is 0.171. The molecule has 0 bridgehead atoms. The third-order valence-electron chi connectivity index (χ3n) is 2.06. The SMILES string of the molecule is CCOC(=O)CCNC(=O)c1ccc(C#CCN)s1. The van der Waals surface area contributed by atoms with Crippen molar-refractivity contribution >= 4 is 23.2 Å². The van der Waals surface area contributed by atoms with Gasteiger partial charge in [0.05, 0.1) is 29.3 Å². The first-order valence-corrected chi connectivity index (χ1v) is 6.71. The Bertz CT molecular complexity index is 499. The molecule has 0 aliphatic heterocycles. The molecule has 0 saturated carbocycles. The van der Waals surface area contributed by atoms with Gasteiger partial charge in [0.2, 0.25) is 0 Å². The first-order valence-electron chi connectivity index (χ1n) is 5.90. The highest BCUT2D eigenvalue weighted by Crippen LogP contribution is 2.14. The van der Waals surface area contributed by atoms with Gasteiger partial charge in [-0.25, -0.2) is 0 Å². The van der Waals surface area contributed by atoms with Crippen molar-refractivity contribution in [2.45, 2.75) is 13.3 Å². The standard InChI is InChI=1S/C13H16N2O3S/c1-2-18-12(16)7-9-15-13(17)11-6-5-10(19-11)4-3-8-14/h5-6H,2,7-9,14H2,1H3,(H,15,17). The number of carbonyl (C=O) groups is 2. The van der Waals surface area contributed by atoms with E-state index in [0.717, 1.165) is 4.88 Å². The highest BCUT2D eigenvalue weighted by Gasteiger charge is 2.09. The number of nitrogens with two attached hydrogens (primary N) is 1. The quantitative estimate of drug-likeness (QED) is 0.616. The van der Waals surface area contributed by atoms with Crippen LogP contribution in [-0.4, -0.2) is 31.6 Å². The average Bonchev–Trinajstić information content (AvgIpc) is 2.85. The molecule has 1 aromatic heterocycles. The number of esters is 1. The van der Waals surface area contributed by atoms with Crippen molar-refractivity contribution in [1.29, 1.82) is 0 Å². The summed E-state index contributed by atoms with van der Waals surface area (Å²) in [4.78, 5) is 24.2. The predicted octanol–water partition coefficient (Wildman–Crippen LogP) is 0.741. The van der Waals surface area contributed by atoms with Crippen LogP contribution in [0.5, 0.6) is 0 Å². The molecule has 6 heteroatoms. The fraction of sp³-hybridized carbons (Fsp3) is 0.385. The smallest absolute Gasteiger partial charge is 0.307 e. The van der Waals surface area contributed by atoms with Gasteiger partial charge >= 0.3 is 5.97 Å². The summed E-state index contributed by atoms with van der Waals surface area (Å²) >= 11 is 1.29. The lowest BCUT2D eigenvalue weighted by Crippen LogP contribution is -2.25. The molecule has 102 valence electrons. The van der Waals surface area contributed by atoms with Crippen molar-refractivity contribution in [2.75, 3.05) is 19.7 Å². The van der Waals surface area contributed by atoms with Gasteiger partial charge in [-0.1, -0.05) is 11.8 Å². The number of hydrogen-bond donors (Lipinski definition) is 2. The number of amides is 1. The second-order valence-electron chi connectivity index (χ2n) is 3.48. The largest absolute Gasteiger partial charge is 0.466 e. The third kappa shape index (κ3) is 5.55. The van der Waals surface area contributed by atoms with Crippen LogP contribution < -0.4 is 11.1 Å². The number of thiophene rings is 1. The van der Waals surface area contributed by atoms with E-state index in [1.165, 1.54) is 11.3 Å². The molecule has 0 radical (unpaired) electrons. The lowest BCUT2D eigenvalue weighted by molar-refractivity contribution is -0.142. The Morgan fingerprint density at radius 2 is 2.26 bits per heavy atom. The highest BCUT2D eigenvalue weighted by molar-refractivity contribution is 7.14. The first-order chi connectivity index (χ1) is 9.17. The Morgan fingerprint density at radius 3 is 2.95 bits per heavy atom. The summed E-state index contributed by atoms with van der Waals surface area (Å²) < 4.78 is 4.76. The molecule has 0 aromatic carbocycles. The van der Waals surface area contributed by atoms with E-state index in [0.29, 0.717) is 18.0 Å². The molecule has 0 atom stereocenters. The fourth-order valence-corrected chi connectivity index (χ4v) is 2.06. The minimum absolute atomic E-state index is 0.171. The zero-order chi connectivity index (χ0) is 14.1. The highest BCUT2D eigenvalue weighted by atomic mass is 32.1. The molecule has 1 heterocycles. The number of rotatable bonds is 5. The van der Waals surface area contributed by atoms with Gasteiger partial charge in [0, 0.05) is 6.54 Å². The van der Waals surface area contributed by atoms with Crippen LogP contribution in [0.1, 0.15) is 27.9 Å². The molecule has 0 aliphatic rings. The Hall–Kier alpha value is -1.84. The van der Waals surface area contributed by atoms with E-state index in [4.69, 9.17) is 10.5 Å². The molecule has 1 aromatic rings. The first kappa shape index (κ1) is 15.2. The number of carbonyl (C=O) groups excluding carboxylic acids is 2. The van der Waals surface area contributed by atoms with Gasteiger partial charge in [-0.2, -0.15) is 0 Å². The van der Waals surface area contributed by atoms with Crippen molar-refractivity contribution in [2.24, 2.45) is 5.73 Å². The summed E-state index contributed by atoms with van der Waals surface area (Å²) in [7, 11) is 0. The fourth-order valence-electron chi connectivity index (χ4n) is 1.26. The second-order valence-corrected chi connectivity index (χ2v) is 4.56. The average molecular weight is 280 g/mol. The number of ether oxygens (including phenoxy) is 1. The molecular weight excluding hydrogens is 264 g/mol. The lowest BCUT2D eigenvalue weighted by Gasteiger charge is -2.03. The summed E-state index contributed by atoms with van der Waals surface area (Å²) in [5, 5.41) is 2.66. The van der Waals surface area contributed by atoms with Gasteiger partial charge in [-0.05, 0) is 19.1 Å². The molecule has 0 aliphatic carbocycles. The van der Waals surface area contributed by atoms with Gasteiger partial charge in [0.1, 0.15) is 0 Å². The minimum Gasteiger partial charge on any atom is -0.466 e. The second kappa shape index (κ2) is 8.29. The van der Waals surface area contributed by atoms with Crippen LogP contribution in [0.3, 0.4) is 0 Å². The molecule has 3 N–H and O–H groups in total. The Morgan fingerprint density at radius 1 is 1.47 bits per heavy atom. The number of hydrogen-bond acceptors (Lipinski definition) is 5. The predicted molar refractivity (Wildman–Crippen MR) is 73.8 cm³/mol. The summed E-state index contributed by atoms with van der Waals surface area (Å²) in [6.45, 7) is 2.64. The van der Waals surface area contributed by atoms with E-state index in [1.54, 1.807) is 19.1 Å². The molecule has 1 amide bonds.